The average molecular weight is 469 g/mol. The van der Waals surface area contributed by atoms with Crippen LogP contribution < -0.4 is 0 Å². The number of carbonyl (C=O) groups excluding carboxylic acids is 2. The first-order valence-electron chi connectivity index (χ1n) is 12.1. The number of rotatable bonds is 3. The maximum absolute atomic E-state index is 13.0. The van der Waals surface area contributed by atoms with Gasteiger partial charge in [0.15, 0.2) is 6.61 Å². The fourth-order valence-electron chi connectivity index (χ4n) is 4.35. The van der Waals surface area contributed by atoms with Gasteiger partial charge < -0.3 is 19.6 Å². The van der Waals surface area contributed by atoms with Crippen LogP contribution in [0.5, 0.6) is 0 Å². The summed E-state index contributed by atoms with van der Waals surface area (Å²) in [5, 5.41) is 14.4. The lowest BCUT2D eigenvalue weighted by atomic mass is 9.95. The number of amides is 1. The molecule has 1 aromatic carbocycles. The van der Waals surface area contributed by atoms with Crippen molar-refractivity contribution in [3.8, 4) is 0 Å². The molecule has 0 unspecified atom stereocenters. The summed E-state index contributed by atoms with van der Waals surface area (Å²) in [6, 6.07) is 3.92. The number of benzene rings is 1. The van der Waals surface area contributed by atoms with E-state index in [0.29, 0.717) is 30.5 Å². The Morgan fingerprint density at radius 2 is 1.94 bits per heavy atom. The molecule has 7 heteroatoms. The van der Waals surface area contributed by atoms with E-state index in [2.05, 4.69) is 5.16 Å². The van der Waals surface area contributed by atoms with E-state index in [-0.39, 0.29) is 24.6 Å². The molecule has 184 valence electrons. The lowest BCUT2D eigenvalue weighted by molar-refractivity contribution is -0.137. The Hall–Kier alpha value is -2.93. The summed E-state index contributed by atoms with van der Waals surface area (Å²) in [6.07, 6.45) is 10.6. The molecule has 0 bridgehead atoms. The summed E-state index contributed by atoms with van der Waals surface area (Å²) in [7, 11) is 0. The second kappa shape index (κ2) is 12.5. The highest BCUT2D eigenvalue weighted by molar-refractivity contribution is 6.00. The predicted octanol–water partition coefficient (Wildman–Crippen LogP) is 4.04. The molecule has 0 aliphatic carbocycles. The summed E-state index contributed by atoms with van der Waals surface area (Å²) < 4.78 is 5.68. The minimum atomic E-state index is -0.651. The number of hydrogen-bond donors (Lipinski definition) is 1. The summed E-state index contributed by atoms with van der Waals surface area (Å²) >= 11 is 0. The number of aryl methyl sites for hydroxylation is 2. The minimum Gasteiger partial charge on any atom is -0.459 e. The van der Waals surface area contributed by atoms with Crippen LogP contribution in [0.25, 0.3) is 0 Å². The van der Waals surface area contributed by atoms with Crippen molar-refractivity contribution >= 4 is 17.6 Å². The second-order valence-electron chi connectivity index (χ2n) is 9.18. The smallest absolute Gasteiger partial charge is 0.338 e. The van der Waals surface area contributed by atoms with Crippen molar-refractivity contribution in [2.75, 3.05) is 19.7 Å². The van der Waals surface area contributed by atoms with Crippen LogP contribution in [0.1, 0.15) is 66.1 Å². The van der Waals surface area contributed by atoms with Crippen LogP contribution in [-0.4, -0.2) is 59.5 Å². The third-order valence-corrected chi connectivity index (χ3v) is 6.04. The number of carbonyl (C=O) groups is 2. The molecule has 2 aliphatic rings. The molecule has 1 N–H and O–H groups in total. The molecule has 3 rings (SSSR count). The van der Waals surface area contributed by atoms with Gasteiger partial charge in [-0.25, -0.2) is 4.79 Å². The van der Waals surface area contributed by atoms with Crippen LogP contribution in [0.3, 0.4) is 0 Å². The summed E-state index contributed by atoms with van der Waals surface area (Å²) in [6.45, 7) is 7.12. The maximum atomic E-state index is 13.0. The SMILES string of the molecule is Cc1cc(C)c2c(c1)CC(=N/OCC(=O)N1CCCCC1)/C=C/C[C@H](O)/C=C/C[C@@H](C)OC2=O. The zero-order valence-electron chi connectivity index (χ0n) is 20.5. The van der Waals surface area contributed by atoms with E-state index in [1.165, 1.54) is 0 Å². The Balaban J connectivity index is 1.86. The first-order chi connectivity index (χ1) is 16.3. The third kappa shape index (κ3) is 7.55. The van der Waals surface area contributed by atoms with Gasteiger partial charge >= 0.3 is 5.97 Å². The molecule has 2 heterocycles. The van der Waals surface area contributed by atoms with Gasteiger partial charge in [0.25, 0.3) is 5.91 Å². The van der Waals surface area contributed by atoms with E-state index in [0.717, 1.165) is 49.0 Å². The standard InChI is InChI=1S/C27H36N2O5/c1-19-15-20(2)26-22(16-19)17-23(28-33-18-25(31)29-13-5-4-6-14-29)10-8-12-24(30)11-7-9-21(3)34-27(26)32/h7-8,10-11,15-16,21,24,30H,4-6,9,12-14,17-18H2,1-3H3/b10-8+,11-7+,28-23+/t21-,24-/m1/s1. The third-order valence-electron chi connectivity index (χ3n) is 6.04. The highest BCUT2D eigenvalue weighted by Gasteiger charge is 2.21. The van der Waals surface area contributed by atoms with Gasteiger partial charge in [-0.2, -0.15) is 0 Å². The Kier molecular flexibility index (Phi) is 9.45. The number of allylic oxidation sites excluding steroid dienone is 1. The number of aliphatic hydroxyl groups excluding tert-OH is 1. The number of oxime groups is 1. The first kappa shape index (κ1) is 25.7. The van der Waals surface area contributed by atoms with Crippen molar-refractivity contribution in [3.05, 3.63) is 58.7 Å². The summed E-state index contributed by atoms with van der Waals surface area (Å²) in [4.78, 5) is 32.7. The lowest BCUT2D eigenvalue weighted by Crippen LogP contribution is -2.37. The van der Waals surface area contributed by atoms with Crippen molar-refractivity contribution in [2.45, 2.75) is 71.5 Å². The molecule has 0 spiro atoms. The van der Waals surface area contributed by atoms with Crippen molar-refractivity contribution < 1.29 is 24.3 Å². The average Bonchev–Trinajstić information content (AvgIpc) is 2.78. The molecular weight excluding hydrogens is 432 g/mol. The van der Waals surface area contributed by atoms with Gasteiger partial charge in [0, 0.05) is 25.9 Å². The van der Waals surface area contributed by atoms with Crippen LogP contribution in [0, 0.1) is 13.8 Å². The molecule has 7 nitrogen and oxygen atoms in total. The van der Waals surface area contributed by atoms with Crippen LogP contribution in [0.4, 0.5) is 0 Å². The highest BCUT2D eigenvalue weighted by Crippen LogP contribution is 2.21. The number of cyclic esters (lactones) is 1. The van der Waals surface area contributed by atoms with Gasteiger partial charge in [0.1, 0.15) is 6.10 Å². The quantitative estimate of drug-likeness (QED) is 0.411. The van der Waals surface area contributed by atoms with Gasteiger partial charge in [-0.1, -0.05) is 41.1 Å². The van der Waals surface area contributed by atoms with Gasteiger partial charge in [0.05, 0.1) is 17.4 Å². The second-order valence-corrected chi connectivity index (χ2v) is 9.18. The highest BCUT2D eigenvalue weighted by atomic mass is 16.6. The predicted molar refractivity (Wildman–Crippen MR) is 132 cm³/mol. The van der Waals surface area contributed by atoms with E-state index < -0.39 is 6.10 Å². The summed E-state index contributed by atoms with van der Waals surface area (Å²) in [5.41, 5.74) is 3.75. The molecule has 0 radical (unpaired) electrons. The van der Waals surface area contributed by atoms with Crippen LogP contribution in [0.2, 0.25) is 0 Å². The number of ether oxygens (including phenoxy) is 1. The maximum Gasteiger partial charge on any atom is 0.338 e. The molecule has 1 fully saturated rings. The number of hydrogen-bond acceptors (Lipinski definition) is 6. The molecular formula is C27H36N2O5. The molecule has 34 heavy (non-hydrogen) atoms. The Morgan fingerprint density at radius 3 is 2.71 bits per heavy atom. The molecule has 1 saturated heterocycles. The van der Waals surface area contributed by atoms with Crippen LogP contribution in [-0.2, 0) is 20.8 Å². The Bertz CT molecular complexity index is 960. The zero-order chi connectivity index (χ0) is 24.5. The lowest BCUT2D eigenvalue weighted by Gasteiger charge is -2.26. The monoisotopic (exact) mass is 468 g/mol. The van der Waals surface area contributed by atoms with Gasteiger partial charge in [-0.15, -0.1) is 0 Å². The largest absolute Gasteiger partial charge is 0.459 e. The van der Waals surface area contributed by atoms with E-state index in [1.807, 2.05) is 50.0 Å². The molecule has 0 aromatic heterocycles. The van der Waals surface area contributed by atoms with E-state index >= 15 is 0 Å². The minimum absolute atomic E-state index is 0.0702. The van der Waals surface area contributed by atoms with Gasteiger partial charge in [-0.3, -0.25) is 4.79 Å². The van der Waals surface area contributed by atoms with Crippen molar-refractivity contribution in [1.82, 2.24) is 4.90 Å². The summed E-state index contributed by atoms with van der Waals surface area (Å²) in [5.74, 6) is -0.449. The Labute approximate surface area is 202 Å². The number of nitrogens with zero attached hydrogens (tertiary/aromatic N) is 2. The van der Waals surface area contributed by atoms with Crippen molar-refractivity contribution in [2.24, 2.45) is 5.16 Å². The van der Waals surface area contributed by atoms with Gasteiger partial charge in [-0.05, 0) is 63.7 Å². The zero-order valence-corrected chi connectivity index (χ0v) is 20.5. The van der Waals surface area contributed by atoms with E-state index in [4.69, 9.17) is 9.57 Å². The number of aliphatic hydroxyl groups is 1. The molecule has 2 aliphatic heterocycles. The van der Waals surface area contributed by atoms with Crippen LogP contribution >= 0.6 is 0 Å². The Morgan fingerprint density at radius 1 is 1.18 bits per heavy atom. The van der Waals surface area contributed by atoms with E-state index in [1.54, 1.807) is 12.2 Å². The molecule has 1 aromatic rings. The molecule has 1 amide bonds. The van der Waals surface area contributed by atoms with Crippen molar-refractivity contribution in [3.63, 3.8) is 0 Å². The number of esters is 1. The normalized spacial score (nSPS) is 25.1. The van der Waals surface area contributed by atoms with Gasteiger partial charge in [0.2, 0.25) is 0 Å². The number of likely N-dealkylation sites (tertiary alicyclic amines) is 1. The molecule has 2 atom stereocenters. The first-order valence-corrected chi connectivity index (χ1v) is 12.1. The number of piperidine rings is 1. The van der Waals surface area contributed by atoms with E-state index in [9.17, 15) is 14.7 Å². The topological polar surface area (TPSA) is 88.4 Å². The van der Waals surface area contributed by atoms with Crippen molar-refractivity contribution in [1.29, 1.82) is 0 Å². The fourth-order valence-corrected chi connectivity index (χ4v) is 4.35. The molecule has 0 saturated carbocycles. The fraction of sp³-hybridized carbons (Fsp3) is 0.519. The van der Waals surface area contributed by atoms with Crippen LogP contribution in [0.15, 0.2) is 41.6 Å². The number of fused-ring (bicyclic) bond motifs is 1.